The summed E-state index contributed by atoms with van der Waals surface area (Å²) >= 11 is 0. The summed E-state index contributed by atoms with van der Waals surface area (Å²) in [6, 6.07) is 15.3. The number of benzene rings is 2. The van der Waals surface area contributed by atoms with Crippen LogP contribution in [0.25, 0.3) is 0 Å². The van der Waals surface area contributed by atoms with Gasteiger partial charge in [0.2, 0.25) is 0 Å². The van der Waals surface area contributed by atoms with Gasteiger partial charge in [-0.1, -0.05) is 42.5 Å². The summed E-state index contributed by atoms with van der Waals surface area (Å²) < 4.78 is 23.3. The predicted octanol–water partition coefficient (Wildman–Crippen LogP) is 2.41. The number of rotatable bonds is 4. The van der Waals surface area contributed by atoms with Crippen LogP contribution in [-0.4, -0.2) is 20.7 Å². The van der Waals surface area contributed by atoms with Gasteiger partial charge in [0, 0.05) is 12.8 Å². The Balaban J connectivity index is 2.04. The third-order valence-corrected chi connectivity index (χ3v) is 3.99. The number of hydrogen-bond acceptors (Lipinski definition) is 3. The largest absolute Gasteiger partial charge is 0.334 e. The molecule has 0 bridgehead atoms. The van der Waals surface area contributed by atoms with Crippen molar-refractivity contribution >= 4 is 21.6 Å². The van der Waals surface area contributed by atoms with Crippen LogP contribution in [0.5, 0.6) is 0 Å². The van der Waals surface area contributed by atoms with E-state index in [9.17, 15) is 13.2 Å². The van der Waals surface area contributed by atoms with Gasteiger partial charge in [-0.25, -0.2) is 13.2 Å². The topological polar surface area (TPSA) is 75.3 Å². The molecule has 6 heteroatoms. The summed E-state index contributed by atoms with van der Waals surface area (Å²) in [7, 11) is -3.39. The van der Waals surface area contributed by atoms with Crippen LogP contribution in [0.1, 0.15) is 5.56 Å². The van der Waals surface area contributed by atoms with Gasteiger partial charge in [0.1, 0.15) is 0 Å². The minimum absolute atomic E-state index is 0.0971. The molecule has 0 saturated carbocycles. The van der Waals surface area contributed by atoms with Crippen molar-refractivity contribution in [2.45, 2.75) is 11.4 Å². The monoisotopic (exact) mass is 304 g/mol. The lowest BCUT2D eigenvalue weighted by atomic mass is 10.2. The molecular weight excluding hydrogens is 288 g/mol. The van der Waals surface area contributed by atoms with Crippen molar-refractivity contribution in [3.63, 3.8) is 0 Å². The number of nitrogens with one attached hydrogen (secondary N) is 2. The van der Waals surface area contributed by atoms with Crippen LogP contribution in [0.4, 0.5) is 10.5 Å². The Hall–Kier alpha value is -2.34. The first-order valence-corrected chi connectivity index (χ1v) is 8.24. The van der Waals surface area contributed by atoms with Crippen molar-refractivity contribution in [2.24, 2.45) is 0 Å². The minimum atomic E-state index is -3.39. The Morgan fingerprint density at radius 1 is 1.00 bits per heavy atom. The van der Waals surface area contributed by atoms with E-state index in [4.69, 9.17) is 0 Å². The fourth-order valence-electron chi connectivity index (χ4n) is 1.84. The highest BCUT2D eigenvalue weighted by atomic mass is 32.2. The minimum Gasteiger partial charge on any atom is -0.334 e. The Kier molecular flexibility index (Phi) is 4.59. The number of urea groups is 1. The van der Waals surface area contributed by atoms with Crippen LogP contribution in [0.15, 0.2) is 59.5 Å². The molecule has 2 amide bonds. The molecule has 0 radical (unpaired) electrons. The van der Waals surface area contributed by atoms with Gasteiger partial charge in [-0.15, -0.1) is 0 Å². The second-order valence-corrected chi connectivity index (χ2v) is 6.55. The average Bonchev–Trinajstić information content (AvgIpc) is 2.46. The molecule has 0 saturated heterocycles. The number of anilines is 1. The lowest BCUT2D eigenvalue weighted by Gasteiger charge is -2.10. The van der Waals surface area contributed by atoms with Gasteiger partial charge in [0.05, 0.1) is 10.6 Å². The van der Waals surface area contributed by atoms with Crippen LogP contribution < -0.4 is 10.6 Å². The van der Waals surface area contributed by atoms with E-state index in [2.05, 4.69) is 10.6 Å². The molecule has 21 heavy (non-hydrogen) atoms. The Morgan fingerprint density at radius 2 is 1.62 bits per heavy atom. The first-order chi connectivity index (χ1) is 9.97. The maximum atomic E-state index is 11.8. The number of para-hydroxylation sites is 1. The summed E-state index contributed by atoms with van der Waals surface area (Å²) in [5.41, 5.74) is 1.23. The van der Waals surface area contributed by atoms with E-state index in [1.54, 1.807) is 18.2 Å². The zero-order valence-corrected chi connectivity index (χ0v) is 12.4. The number of carbonyl (C=O) groups excluding carboxylic acids is 1. The summed E-state index contributed by atoms with van der Waals surface area (Å²) in [6.07, 6.45) is 1.11. The first-order valence-electron chi connectivity index (χ1n) is 6.34. The maximum absolute atomic E-state index is 11.8. The van der Waals surface area contributed by atoms with Crippen molar-refractivity contribution in [1.29, 1.82) is 0 Å². The lowest BCUT2D eigenvalue weighted by Crippen LogP contribution is -2.28. The maximum Gasteiger partial charge on any atom is 0.319 e. The molecule has 2 aromatic rings. The van der Waals surface area contributed by atoms with E-state index >= 15 is 0 Å². The summed E-state index contributed by atoms with van der Waals surface area (Å²) in [5, 5.41) is 5.24. The Morgan fingerprint density at radius 3 is 2.29 bits per heavy atom. The molecule has 0 aromatic heterocycles. The molecule has 2 rings (SSSR count). The van der Waals surface area contributed by atoms with Crippen LogP contribution >= 0.6 is 0 Å². The van der Waals surface area contributed by atoms with Gasteiger partial charge in [-0.3, -0.25) is 0 Å². The van der Waals surface area contributed by atoms with Crippen LogP contribution in [-0.2, 0) is 16.4 Å². The second kappa shape index (κ2) is 6.41. The van der Waals surface area contributed by atoms with Crippen molar-refractivity contribution in [3.05, 3.63) is 60.2 Å². The fourth-order valence-corrected chi connectivity index (χ4v) is 2.68. The summed E-state index contributed by atoms with van der Waals surface area (Å²) in [6.45, 7) is 0.369. The lowest BCUT2D eigenvalue weighted by molar-refractivity contribution is 0.251. The molecule has 0 atom stereocenters. The molecule has 0 aliphatic rings. The van der Waals surface area contributed by atoms with Gasteiger partial charge in [-0.2, -0.15) is 0 Å². The van der Waals surface area contributed by atoms with Gasteiger partial charge in [-0.05, 0) is 17.7 Å². The standard InChI is InChI=1S/C15H16N2O3S/c1-21(19,20)14-10-6-5-9-13(14)17-15(18)16-11-12-7-3-2-4-8-12/h2-10H,11H2,1H3,(H2,16,17,18). The average molecular weight is 304 g/mol. The van der Waals surface area contributed by atoms with Gasteiger partial charge >= 0.3 is 6.03 Å². The molecule has 0 aliphatic heterocycles. The second-order valence-electron chi connectivity index (χ2n) is 4.56. The molecule has 0 heterocycles. The van der Waals surface area contributed by atoms with E-state index in [1.807, 2.05) is 30.3 Å². The summed E-state index contributed by atoms with van der Waals surface area (Å²) in [5.74, 6) is 0. The molecule has 2 aromatic carbocycles. The third kappa shape index (κ3) is 4.32. The Bertz CT molecular complexity index is 728. The molecule has 0 unspecified atom stereocenters. The van der Waals surface area contributed by atoms with Gasteiger partial charge < -0.3 is 10.6 Å². The fraction of sp³-hybridized carbons (Fsp3) is 0.133. The molecule has 2 N–H and O–H groups in total. The van der Waals surface area contributed by atoms with Gasteiger partial charge in [0.15, 0.2) is 9.84 Å². The normalized spacial score (nSPS) is 10.9. The molecule has 5 nitrogen and oxygen atoms in total. The number of sulfone groups is 1. The van der Waals surface area contributed by atoms with E-state index in [0.717, 1.165) is 11.8 Å². The van der Waals surface area contributed by atoms with E-state index in [0.29, 0.717) is 6.54 Å². The van der Waals surface area contributed by atoms with Gasteiger partial charge in [0.25, 0.3) is 0 Å². The highest BCUT2D eigenvalue weighted by Crippen LogP contribution is 2.20. The number of hydrogen-bond donors (Lipinski definition) is 2. The smallest absolute Gasteiger partial charge is 0.319 e. The SMILES string of the molecule is CS(=O)(=O)c1ccccc1NC(=O)NCc1ccccc1. The van der Waals surface area contributed by atoms with E-state index in [1.165, 1.54) is 6.07 Å². The first kappa shape index (κ1) is 15.1. The van der Waals surface area contributed by atoms with Crippen molar-refractivity contribution < 1.29 is 13.2 Å². The number of carbonyl (C=O) groups is 1. The zero-order chi connectivity index (χ0) is 15.3. The highest BCUT2D eigenvalue weighted by Gasteiger charge is 2.14. The zero-order valence-electron chi connectivity index (χ0n) is 11.5. The molecule has 0 aliphatic carbocycles. The van der Waals surface area contributed by atoms with Crippen LogP contribution in [0.3, 0.4) is 0 Å². The quantitative estimate of drug-likeness (QED) is 0.911. The summed E-state index contributed by atoms with van der Waals surface area (Å²) in [4.78, 5) is 11.9. The van der Waals surface area contributed by atoms with E-state index in [-0.39, 0.29) is 10.6 Å². The number of amides is 2. The van der Waals surface area contributed by atoms with Crippen molar-refractivity contribution in [2.75, 3.05) is 11.6 Å². The van der Waals surface area contributed by atoms with Crippen molar-refractivity contribution in [3.8, 4) is 0 Å². The predicted molar refractivity (Wildman–Crippen MR) is 81.9 cm³/mol. The van der Waals surface area contributed by atoms with Crippen LogP contribution in [0, 0.1) is 0 Å². The highest BCUT2D eigenvalue weighted by molar-refractivity contribution is 7.90. The van der Waals surface area contributed by atoms with E-state index < -0.39 is 15.9 Å². The van der Waals surface area contributed by atoms with Crippen LogP contribution in [0.2, 0.25) is 0 Å². The Labute approximate surface area is 123 Å². The molecule has 0 spiro atoms. The van der Waals surface area contributed by atoms with Crippen molar-refractivity contribution in [1.82, 2.24) is 5.32 Å². The molecule has 0 fully saturated rings. The molecular formula is C15H16N2O3S. The molecule has 110 valence electrons. The third-order valence-electron chi connectivity index (χ3n) is 2.83.